The van der Waals surface area contributed by atoms with Gasteiger partial charge in [-0.3, -0.25) is 9.59 Å². The summed E-state index contributed by atoms with van der Waals surface area (Å²) in [5, 5.41) is 17.4. The van der Waals surface area contributed by atoms with Crippen LogP contribution in [-0.4, -0.2) is 45.1 Å². The van der Waals surface area contributed by atoms with Gasteiger partial charge in [0.15, 0.2) is 0 Å². The number of anilines is 1. The van der Waals surface area contributed by atoms with E-state index >= 15 is 0 Å². The van der Waals surface area contributed by atoms with E-state index in [0.717, 1.165) is 60.2 Å². The summed E-state index contributed by atoms with van der Waals surface area (Å²) in [5.74, 6) is -0.411. The zero-order valence-electron chi connectivity index (χ0n) is 19.3. The fourth-order valence-corrected chi connectivity index (χ4v) is 5.82. The number of carbonyl (C=O) groups is 2. The first-order valence-electron chi connectivity index (χ1n) is 11.8. The van der Waals surface area contributed by atoms with Crippen molar-refractivity contribution < 1.29 is 14.7 Å². The number of aromatic nitrogens is 1. The van der Waals surface area contributed by atoms with Gasteiger partial charge in [0.2, 0.25) is 0 Å². The molecule has 0 atom stereocenters. The van der Waals surface area contributed by atoms with Crippen molar-refractivity contribution in [1.82, 2.24) is 9.47 Å². The Kier molecular flexibility index (Phi) is 6.18. The summed E-state index contributed by atoms with van der Waals surface area (Å²) in [7, 11) is 0. The predicted molar refractivity (Wildman–Crippen MR) is 134 cm³/mol. The number of nitrogens with one attached hydrogen (secondary N) is 1. The Morgan fingerprint density at radius 3 is 2.74 bits per heavy atom. The number of thiophene rings is 1. The summed E-state index contributed by atoms with van der Waals surface area (Å²) in [6.07, 6.45) is 5.71. The van der Waals surface area contributed by atoms with Gasteiger partial charge in [0, 0.05) is 48.8 Å². The lowest BCUT2D eigenvalue weighted by Crippen LogP contribution is -2.37. The molecule has 0 radical (unpaired) electrons. The first kappa shape index (κ1) is 22.7. The summed E-state index contributed by atoms with van der Waals surface area (Å²) in [6, 6.07) is 7.84. The van der Waals surface area contributed by atoms with E-state index < -0.39 is 5.91 Å². The second-order valence-corrected chi connectivity index (χ2v) is 10.1. The Labute approximate surface area is 203 Å². The maximum atomic E-state index is 13.3. The molecule has 8 heteroatoms. The molecule has 0 unspecified atom stereocenters. The summed E-state index contributed by atoms with van der Waals surface area (Å²) in [4.78, 5) is 27.3. The Morgan fingerprint density at radius 1 is 1.24 bits per heavy atom. The van der Waals surface area contributed by atoms with Crippen molar-refractivity contribution in [2.45, 2.75) is 57.7 Å². The number of aliphatic hydroxyl groups is 1. The van der Waals surface area contributed by atoms with Gasteiger partial charge in [0.1, 0.15) is 0 Å². The number of hydrogen-bond donors (Lipinski definition) is 3. The van der Waals surface area contributed by atoms with Crippen LogP contribution in [-0.2, 0) is 13.0 Å². The number of primary amides is 1. The minimum atomic E-state index is -0.477. The van der Waals surface area contributed by atoms with E-state index in [4.69, 9.17) is 5.73 Å². The van der Waals surface area contributed by atoms with Gasteiger partial charge < -0.3 is 25.6 Å². The average molecular weight is 479 g/mol. The number of carbonyl (C=O) groups excluding carboxylic acids is 2. The van der Waals surface area contributed by atoms with Crippen molar-refractivity contribution >= 4 is 28.8 Å². The van der Waals surface area contributed by atoms with Crippen LogP contribution < -0.4 is 11.1 Å². The van der Waals surface area contributed by atoms with E-state index in [1.54, 1.807) is 17.4 Å². The molecule has 3 aromatic rings. The van der Waals surface area contributed by atoms with E-state index in [1.807, 2.05) is 35.5 Å². The van der Waals surface area contributed by atoms with Gasteiger partial charge in [-0.1, -0.05) is 0 Å². The van der Waals surface area contributed by atoms with Crippen LogP contribution in [0.5, 0.6) is 0 Å². The first-order chi connectivity index (χ1) is 16.4. The van der Waals surface area contributed by atoms with Gasteiger partial charge in [0.05, 0.1) is 17.2 Å². The van der Waals surface area contributed by atoms with Crippen LogP contribution in [0, 0.1) is 6.92 Å². The molecule has 3 heterocycles. The van der Waals surface area contributed by atoms with Crippen LogP contribution in [0.1, 0.15) is 63.2 Å². The highest BCUT2D eigenvalue weighted by Gasteiger charge is 2.30. The molecule has 2 aliphatic rings. The molecule has 1 aliphatic heterocycles. The lowest BCUT2D eigenvalue weighted by Gasteiger charge is -2.29. The van der Waals surface area contributed by atoms with Gasteiger partial charge in [-0.2, -0.15) is 11.3 Å². The number of aliphatic hydroxyl groups excluding tert-OH is 1. The second-order valence-electron chi connectivity index (χ2n) is 9.36. The van der Waals surface area contributed by atoms with Crippen molar-refractivity contribution in [3.8, 4) is 5.69 Å². The van der Waals surface area contributed by atoms with Crippen LogP contribution >= 0.6 is 11.3 Å². The van der Waals surface area contributed by atoms with Gasteiger partial charge in [-0.05, 0) is 78.8 Å². The van der Waals surface area contributed by atoms with E-state index in [9.17, 15) is 14.7 Å². The summed E-state index contributed by atoms with van der Waals surface area (Å²) in [5.41, 5.74) is 11.6. The number of benzene rings is 1. The first-order valence-corrected chi connectivity index (χ1v) is 12.7. The number of hydrogen-bond acceptors (Lipinski definition) is 5. The summed E-state index contributed by atoms with van der Waals surface area (Å²) >= 11 is 1.64. The van der Waals surface area contributed by atoms with Crippen molar-refractivity contribution in [2.24, 2.45) is 5.73 Å². The third kappa shape index (κ3) is 4.35. The number of aryl methyl sites for hydroxylation is 1. The molecule has 0 bridgehead atoms. The number of fused-ring (bicyclic) bond motifs is 1. The van der Waals surface area contributed by atoms with Crippen LogP contribution in [0.2, 0.25) is 0 Å². The molecular weight excluding hydrogens is 448 g/mol. The Bertz CT molecular complexity index is 1210. The lowest BCUT2D eigenvalue weighted by atomic mass is 9.92. The summed E-state index contributed by atoms with van der Waals surface area (Å²) in [6.45, 7) is 3.27. The highest BCUT2D eigenvalue weighted by molar-refractivity contribution is 7.07. The lowest BCUT2D eigenvalue weighted by molar-refractivity contribution is 0.0725. The van der Waals surface area contributed by atoms with Gasteiger partial charge in [-0.25, -0.2) is 0 Å². The molecule has 7 nitrogen and oxygen atoms in total. The van der Waals surface area contributed by atoms with Crippen LogP contribution in [0.3, 0.4) is 0 Å². The average Bonchev–Trinajstić information content (AvgIpc) is 3.45. The topological polar surface area (TPSA) is 101 Å². The summed E-state index contributed by atoms with van der Waals surface area (Å²) < 4.78 is 2.07. The SMILES string of the molecule is Cc1cn(-c2ccc(C(N)=O)c(NC3CCC(O)CC3)c2)c2c1C(=O)N(Cc1ccsc1)CC2. The third-order valence-corrected chi connectivity index (χ3v) is 7.70. The van der Waals surface area contributed by atoms with Crippen molar-refractivity contribution in [2.75, 3.05) is 11.9 Å². The van der Waals surface area contributed by atoms with Crippen LogP contribution in [0.25, 0.3) is 5.69 Å². The molecule has 1 aromatic carbocycles. The predicted octanol–water partition coefficient (Wildman–Crippen LogP) is 3.86. The fourth-order valence-electron chi connectivity index (χ4n) is 5.16. The Morgan fingerprint density at radius 2 is 2.03 bits per heavy atom. The molecule has 1 aliphatic carbocycles. The molecule has 0 spiro atoms. The van der Waals surface area contributed by atoms with Crippen LogP contribution in [0.15, 0.2) is 41.2 Å². The molecule has 1 saturated carbocycles. The molecule has 0 saturated heterocycles. The zero-order chi connectivity index (χ0) is 23.8. The standard InChI is InChI=1S/C26H30N4O3S/c1-16-13-30(23-8-10-29(26(33)24(16)23)14-17-9-11-34-15-17)19-4-7-21(25(27)32)22(12-19)28-18-2-5-20(31)6-3-18/h4,7,9,11-13,15,18,20,28,31H,2-3,5-6,8,10,14H2,1H3,(H2,27,32). The van der Waals surface area contributed by atoms with Crippen molar-refractivity contribution in [1.29, 1.82) is 0 Å². The van der Waals surface area contributed by atoms with Crippen molar-refractivity contribution in [3.63, 3.8) is 0 Å². The minimum absolute atomic E-state index is 0.0663. The Hall–Kier alpha value is -3.10. The van der Waals surface area contributed by atoms with Crippen molar-refractivity contribution in [3.05, 3.63) is 69.2 Å². The van der Waals surface area contributed by atoms with E-state index in [0.29, 0.717) is 24.3 Å². The fraction of sp³-hybridized carbons (Fsp3) is 0.385. The van der Waals surface area contributed by atoms with Gasteiger partial charge >= 0.3 is 0 Å². The van der Waals surface area contributed by atoms with E-state index in [-0.39, 0.29) is 18.1 Å². The molecule has 5 rings (SSSR count). The second kappa shape index (κ2) is 9.27. The van der Waals surface area contributed by atoms with E-state index in [2.05, 4.69) is 21.3 Å². The largest absolute Gasteiger partial charge is 0.393 e. The van der Waals surface area contributed by atoms with Gasteiger partial charge in [0.25, 0.3) is 11.8 Å². The zero-order valence-corrected chi connectivity index (χ0v) is 20.1. The molecule has 1 fully saturated rings. The van der Waals surface area contributed by atoms with E-state index in [1.165, 1.54) is 0 Å². The number of nitrogens with zero attached hydrogens (tertiary/aromatic N) is 2. The van der Waals surface area contributed by atoms with Crippen LogP contribution in [0.4, 0.5) is 5.69 Å². The number of rotatable bonds is 6. The molecule has 2 amide bonds. The monoisotopic (exact) mass is 478 g/mol. The third-order valence-electron chi connectivity index (χ3n) is 6.97. The number of nitrogens with two attached hydrogens (primary N) is 1. The molecule has 4 N–H and O–H groups in total. The maximum absolute atomic E-state index is 13.3. The molecule has 2 aromatic heterocycles. The molecule has 178 valence electrons. The molecule has 34 heavy (non-hydrogen) atoms. The highest BCUT2D eigenvalue weighted by Crippen LogP contribution is 2.31. The number of amides is 2. The Balaban J connectivity index is 1.45. The van der Waals surface area contributed by atoms with Gasteiger partial charge in [-0.15, -0.1) is 0 Å². The smallest absolute Gasteiger partial charge is 0.256 e. The molecular formula is C26H30N4O3S. The maximum Gasteiger partial charge on any atom is 0.256 e. The minimum Gasteiger partial charge on any atom is -0.393 e. The normalized spacial score (nSPS) is 20.3. The quantitative estimate of drug-likeness (QED) is 0.501. The highest BCUT2D eigenvalue weighted by atomic mass is 32.1.